The minimum atomic E-state index is -3.75. The lowest BCUT2D eigenvalue weighted by atomic mass is 9.95. The Kier molecular flexibility index (Phi) is 3.81. The van der Waals surface area contributed by atoms with Crippen molar-refractivity contribution in [2.75, 3.05) is 0 Å². The standard InChI is InChI=1S/C12H16O4S/c13-11-8-4-5-9-12(11)16-17(14,15)10-6-2-1-3-7-10/h1-3,6-7,11-13H,4-5,8-9H2/t11-,12+/m0/s1. The summed E-state index contributed by atoms with van der Waals surface area (Å²) in [7, 11) is -3.75. The van der Waals surface area contributed by atoms with Gasteiger partial charge in [0.2, 0.25) is 0 Å². The Morgan fingerprint density at radius 2 is 1.76 bits per heavy atom. The molecule has 1 aromatic rings. The molecular weight excluding hydrogens is 240 g/mol. The summed E-state index contributed by atoms with van der Waals surface area (Å²) in [5.74, 6) is 0. The summed E-state index contributed by atoms with van der Waals surface area (Å²) in [6.45, 7) is 0. The Labute approximate surface area is 101 Å². The molecule has 0 unspecified atom stereocenters. The van der Waals surface area contributed by atoms with Crippen molar-refractivity contribution in [2.45, 2.75) is 42.8 Å². The molecule has 1 aliphatic carbocycles. The van der Waals surface area contributed by atoms with Gasteiger partial charge in [-0.05, 0) is 25.0 Å². The number of rotatable bonds is 3. The zero-order chi connectivity index (χ0) is 12.3. The van der Waals surface area contributed by atoms with Crippen LogP contribution in [0.1, 0.15) is 25.7 Å². The normalized spacial score (nSPS) is 25.7. The smallest absolute Gasteiger partial charge is 0.297 e. The molecule has 0 saturated heterocycles. The van der Waals surface area contributed by atoms with E-state index in [9.17, 15) is 13.5 Å². The van der Waals surface area contributed by atoms with Crippen molar-refractivity contribution in [3.8, 4) is 0 Å². The average molecular weight is 256 g/mol. The predicted octanol–water partition coefficient (Wildman–Crippen LogP) is 1.70. The van der Waals surface area contributed by atoms with Crippen LogP contribution in [0.5, 0.6) is 0 Å². The van der Waals surface area contributed by atoms with Crippen molar-refractivity contribution < 1.29 is 17.7 Å². The van der Waals surface area contributed by atoms with E-state index in [1.807, 2.05) is 0 Å². The number of aliphatic hydroxyl groups is 1. The molecule has 0 spiro atoms. The van der Waals surface area contributed by atoms with Crippen LogP contribution >= 0.6 is 0 Å². The van der Waals surface area contributed by atoms with E-state index < -0.39 is 22.3 Å². The molecule has 1 aliphatic rings. The number of hydrogen-bond acceptors (Lipinski definition) is 4. The third kappa shape index (κ3) is 3.06. The van der Waals surface area contributed by atoms with Gasteiger partial charge in [-0.1, -0.05) is 31.0 Å². The molecule has 5 heteroatoms. The predicted molar refractivity (Wildman–Crippen MR) is 63.0 cm³/mol. The summed E-state index contributed by atoms with van der Waals surface area (Å²) in [4.78, 5) is 0.137. The monoisotopic (exact) mass is 256 g/mol. The van der Waals surface area contributed by atoms with Crippen LogP contribution in [0.25, 0.3) is 0 Å². The Balaban J connectivity index is 2.12. The van der Waals surface area contributed by atoms with Crippen LogP contribution < -0.4 is 0 Å². The summed E-state index contributed by atoms with van der Waals surface area (Å²) in [5.41, 5.74) is 0. The molecule has 2 atom stereocenters. The fraction of sp³-hybridized carbons (Fsp3) is 0.500. The Morgan fingerprint density at radius 3 is 2.41 bits per heavy atom. The van der Waals surface area contributed by atoms with E-state index in [1.54, 1.807) is 18.2 Å². The van der Waals surface area contributed by atoms with Gasteiger partial charge in [-0.3, -0.25) is 4.18 Å². The number of hydrogen-bond donors (Lipinski definition) is 1. The molecule has 0 radical (unpaired) electrons. The Bertz CT molecular complexity index is 455. The molecular formula is C12H16O4S. The van der Waals surface area contributed by atoms with Gasteiger partial charge in [-0.2, -0.15) is 8.42 Å². The third-order valence-corrected chi connectivity index (χ3v) is 4.30. The molecule has 0 aromatic heterocycles. The van der Waals surface area contributed by atoms with Gasteiger partial charge < -0.3 is 5.11 Å². The van der Waals surface area contributed by atoms with E-state index in [-0.39, 0.29) is 4.90 Å². The van der Waals surface area contributed by atoms with Crippen molar-refractivity contribution in [3.05, 3.63) is 30.3 Å². The zero-order valence-corrected chi connectivity index (χ0v) is 10.3. The lowest BCUT2D eigenvalue weighted by Gasteiger charge is -2.26. The lowest BCUT2D eigenvalue weighted by molar-refractivity contribution is 0.0105. The molecule has 4 nitrogen and oxygen atoms in total. The molecule has 17 heavy (non-hydrogen) atoms. The summed E-state index contributed by atoms with van der Waals surface area (Å²) in [5, 5.41) is 9.69. The molecule has 0 amide bonds. The van der Waals surface area contributed by atoms with Crippen LogP contribution in [0.15, 0.2) is 35.2 Å². The van der Waals surface area contributed by atoms with E-state index >= 15 is 0 Å². The van der Waals surface area contributed by atoms with Gasteiger partial charge in [0.15, 0.2) is 0 Å². The first-order valence-electron chi connectivity index (χ1n) is 5.76. The molecule has 0 bridgehead atoms. The fourth-order valence-electron chi connectivity index (χ4n) is 1.99. The maximum atomic E-state index is 11.9. The first-order valence-corrected chi connectivity index (χ1v) is 7.17. The molecule has 1 aromatic carbocycles. The first kappa shape index (κ1) is 12.5. The number of aliphatic hydroxyl groups excluding tert-OH is 1. The second-order valence-electron chi connectivity index (χ2n) is 4.25. The van der Waals surface area contributed by atoms with E-state index in [4.69, 9.17) is 4.18 Å². The van der Waals surface area contributed by atoms with E-state index in [0.29, 0.717) is 12.8 Å². The van der Waals surface area contributed by atoms with Crippen LogP contribution in [0, 0.1) is 0 Å². The average Bonchev–Trinajstić information content (AvgIpc) is 2.33. The molecule has 2 rings (SSSR count). The van der Waals surface area contributed by atoms with Crippen LogP contribution in [-0.4, -0.2) is 25.7 Å². The van der Waals surface area contributed by atoms with Crippen molar-refractivity contribution in [1.29, 1.82) is 0 Å². The Hall–Kier alpha value is -0.910. The van der Waals surface area contributed by atoms with Crippen LogP contribution in [-0.2, 0) is 14.3 Å². The van der Waals surface area contributed by atoms with E-state index in [2.05, 4.69) is 0 Å². The van der Waals surface area contributed by atoms with Crippen molar-refractivity contribution >= 4 is 10.1 Å². The first-order chi connectivity index (χ1) is 8.09. The second-order valence-corrected chi connectivity index (χ2v) is 5.83. The maximum absolute atomic E-state index is 11.9. The molecule has 0 aliphatic heterocycles. The van der Waals surface area contributed by atoms with Crippen LogP contribution in [0.3, 0.4) is 0 Å². The maximum Gasteiger partial charge on any atom is 0.297 e. The third-order valence-electron chi connectivity index (χ3n) is 2.95. The van der Waals surface area contributed by atoms with Crippen molar-refractivity contribution in [3.63, 3.8) is 0 Å². The summed E-state index contributed by atoms with van der Waals surface area (Å²) >= 11 is 0. The van der Waals surface area contributed by atoms with Gasteiger partial charge >= 0.3 is 0 Å². The van der Waals surface area contributed by atoms with Gasteiger partial charge in [0.1, 0.15) is 6.10 Å². The highest BCUT2D eigenvalue weighted by atomic mass is 32.2. The summed E-state index contributed by atoms with van der Waals surface area (Å²) in [6, 6.07) is 8.02. The highest BCUT2D eigenvalue weighted by Gasteiger charge is 2.29. The molecule has 1 N–H and O–H groups in total. The second kappa shape index (κ2) is 5.16. The largest absolute Gasteiger partial charge is 0.390 e. The minimum absolute atomic E-state index is 0.137. The van der Waals surface area contributed by atoms with E-state index in [1.165, 1.54) is 12.1 Å². The lowest BCUT2D eigenvalue weighted by Crippen LogP contribution is -2.34. The molecule has 94 valence electrons. The quantitative estimate of drug-likeness (QED) is 0.836. The Morgan fingerprint density at radius 1 is 1.12 bits per heavy atom. The SMILES string of the molecule is O=S(=O)(O[C@@H]1CCCC[C@@H]1O)c1ccccc1. The zero-order valence-electron chi connectivity index (χ0n) is 9.45. The van der Waals surface area contributed by atoms with Crippen LogP contribution in [0.4, 0.5) is 0 Å². The fourth-order valence-corrected chi connectivity index (χ4v) is 3.15. The summed E-state index contributed by atoms with van der Waals surface area (Å²) < 4.78 is 28.9. The van der Waals surface area contributed by atoms with Crippen LogP contribution in [0.2, 0.25) is 0 Å². The minimum Gasteiger partial charge on any atom is -0.390 e. The molecule has 1 saturated carbocycles. The van der Waals surface area contributed by atoms with Crippen molar-refractivity contribution in [1.82, 2.24) is 0 Å². The summed E-state index contributed by atoms with van der Waals surface area (Å²) in [6.07, 6.45) is 1.73. The number of benzene rings is 1. The van der Waals surface area contributed by atoms with Crippen molar-refractivity contribution in [2.24, 2.45) is 0 Å². The van der Waals surface area contributed by atoms with E-state index in [0.717, 1.165) is 12.8 Å². The highest BCUT2D eigenvalue weighted by Crippen LogP contribution is 2.24. The molecule has 1 fully saturated rings. The van der Waals surface area contributed by atoms with Gasteiger partial charge in [0.05, 0.1) is 11.0 Å². The van der Waals surface area contributed by atoms with Gasteiger partial charge in [0.25, 0.3) is 10.1 Å². The van der Waals surface area contributed by atoms with Gasteiger partial charge in [-0.25, -0.2) is 0 Å². The van der Waals surface area contributed by atoms with Gasteiger partial charge in [0, 0.05) is 0 Å². The highest BCUT2D eigenvalue weighted by molar-refractivity contribution is 7.86. The topological polar surface area (TPSA) is 63.6 Å². The van der Waals surface area contributed by atoms with Gasteiger partial charge in [-0.15, -0.1) is 0 Å². The molecule has 0 heterocycles.